The van der Waals surface area contributed by atoms with Gasteiger partial charge in [0.25, 0.3) is 5.91 Å². The lowest BCUT2D eigenvalue weighted by molar-refractivity contribution is -0.121. The van der Waals surface area contributed by atoms with Crippen LogP contribution in [-0.2, 0) is 4.79 Å². The second kappa shape index (κ2) is 4.51. The molecule has 3 rings (SSSR count). The van der Waals surface area contributed by atoms with Crippen LogP contribution in [0, 0.1) is 0 Å². The second-order valence-corrected chi connectivity index (χ2v) is 4.81. The molecule has 1 aromatic carbocycles. The maximum absolute atomic E-state index is 12.1. The van der Waals surface area contributed by atoms with Gasteiger partial charge in [0.1, 0.15) is 6.04 Å². The number of benzene rings is 1. The molecule has 1 fully saturated rings. The summed E-state index contributed by atoms with van der Waals surface area (Å²) < 4.78 is 0. The van der Waals surface area contributed by atoms with Crippen LogP contribution < -0.4 is 5.32 Å². The molecule has 1 aliphatic rings. The van der Waals surface area contributed by atoms with E-state index in [1.165, 1.54) is 0 Å². The van der Waals surface area contributed by atoms with Gasteiger partial charge in [0.2, 0.25) is 0 Å². The van der Waals surface area contributed by atoms with Crippen LogP contribution in [-0.4, -0.2) is 27.4 Å². The molecule has 0 radical (unpaired) electrons. The molecule has 96 valence electrons. The smallest absolute Gasteiger partial charge is 0.253 e. The maximum atomic E-state index is 12.1. The Kier molecular flexibility index (Phi) is 2.83. The zero-order valence-electron chi connectivity index (χ0n) is 10.2. The van der Waals surface area contributed by atoms with Gasteiger partial charge < -0.3 is 15.2 Å². The SMILES string of the molecule is C=CCN1C(=S)NC(=O)C1c1c[nH]c2ccccc12. The van der Waals surface area contributed by atoms with Crippen LogP contribution in [0.3, 0.4) is 0 Å². The highest BCUT2D eigenvalue weighted by Crippen LogP contribution is 2.31. The molecule has 4 nitrogen and oxygen atoms in total. The van der Waals surface area contributed by atoms with Crippen molar-refractivity contribution in [1.29, 1.82) is 0 Å². The Morgan fingerprint density at radius 1 is 1.42 bits per heavy atom. The van der Waals surface area contributed by atoms with Crippen molar-refractivity contribution in [3.8, 4) is 0 Å². The molecule has 2 heterocycles. The van der Waals surface area contributed by atoms with Crippen LogP contribution in [0.15, 0.2) is 43.1 Å². The molecular weight excluding hydrogens is 258 g/mol. The van der Waals surface area contributed by atoms with Crippen molar-refractivity contribution < 1.29 is 4.79 Å². The summed E-state index contributed by atoms with van der Waals surface area (Å²) in [4.78, 5) is 17.2. The van der Waals surface area contributed by atoms with E-state index < -0.39 is 0 Å². The first-order valence-electron chi connectivity index (χ1n) is 6.00. The number of carbonyl (C=O) groups excluding carboxylic acids is 1. The van der Waals surface area contributed by atoms with Gasteiger partial charge in [0, 0.05) is 29.2 Å². The first-order valence-corrected chi connectivity index (χ1v) is 6.41. The summed E-state index contributed by atoms with van der Waals surface area (Å²) >= 11 is 5.19. The van der Waals surface area contributed by atoms with Gasteiger partial charge in [-0.05, 0) is 18.3 Å². The van der Waals surface area contributed by atoms with Crippen LogP contribution in [0.5, 0.6) is 0 Å². The number of aromatic amines is 1. The van der Waals surface area contributed by atoms with Crippen molar-refractivity contribution in [3.63, 3.8) is 0 Å². The zero-order valence-corrected chi connectivity index (χ0v) is 11.0. The van der Waals surface area contributed by atoms with E-state index in [9.17, 15) is 4.79 Å². The van der Waals surface area contributed by atoms with Crippen molar-refractivity contribution in [2.24, 2.45) is 0 Å². The highest BCUT2D eigenvalue weighted by atomic mass is 32.1. The monoisotopic (exact) mass is 271 g/mol. The molecule has 2 aromatic rings. The first kappa shape index (κ1) is 11.9. The van der Waals surface area contributed by atoms with Crippen molar-refractivity contribution in [2.45, 2.75) is 6.04 Å². The quantitative estimate of drug-likeness (QED) is 0.664. The summed E-state index contributed by atoms with van der Waals surface area (Å²) in [6, 6.07) is 7.53. The molecule has 1 atom stereocenters. The third-order valence-corrected chi connectivity index (χ3v) is 3.63. The fourth-order valence-electron chi connectivity index (χ4n) is 2.46. The van der Waals surface area contributed by atoms with E-state index in [2.05, 4.69) is 16.9 Å². The molecule has 1 aromatic heterocycles. The van der Waals surface area contributed by atoms with Crippen LogP contribution in [0.1, 0.15) is 11.6 Å². The number of hydrogen-bond donors (Lipinski definition) is 2. The number of nitrogens with zero attached hydrogens (tertiary/aromatic N) is 1. The summed E-state index contributed by atoms with van der Waals surface area (Å²) in [7, 11) is 0. The Balaban J connectivity index is 2.11. The molecule has 5 heteroatoms. The first-order chi connectivity index (χ1) is 9.22. The van der Waals surface area contributed by atoms with Gasteiger partial charge in [-0.3, -0.25) is 4.79 Å². The molecule has 1 unspecified atom stereocenters. The minimum Gasteiger partial charge on any atom is -0.361 e. The minimum atomic E-state index is -0.387. The Morgan fingerprint density at radius 3 is 3.00 bits per heavy atom. The van der Waals surface area contributed by atoms with E-state index in [0.29, 0.717) is 11.7 Å². The summed E-state index contributed by atoms with van der Waals surface area (Å²) in [6.45, 7) is 4.26. The lowest BCUT2D eigenvalue weighted by Crippen LogP contribution is -2.29. The zero-order chi connectivity index (χ0) is 13.4. The molecule has 2 N–H and O–H groups in total. The van der Waals surface area contributed by atoms with Gasteiger partial charge in [-0.25, -0.2) is 0 Å². The third kappa shape index (κ3) is 1.82. The van der Waals surface area contributed by atoms with Crippen molar-refractivity contribution in [1.82, 2.24) is 15.2 Å². The largest absolute Gasteiger partial charge is 0.361 e. The summed E-state index contributed by atoms with van der Waals surface area (Å²) in [5.41, 5.74) is 1.96. The molecule has 1 saturated heterocycles. The van der Waals surface area contributed by atoms with Crippen molar-refractivity contribution in [3.05, 3.63) is 48.7 Å². The fourth-order valence-corrected chi connectivity index (χ4v) is 2.74. The summed E-state index contributed by atoms with van der Waals surface area (Å²) in [6.07, 6.45) is 3.62. The number of fused-ring (bicyclic) bond motifs is 1. The molecule has 19 heavy (non-hydrogen) atoms. The fraction of sp³-hybridized carbons (Fsp3) is 0.143. The predicted octanol–water partition coefficient (Wildman–Crippen LogP) is 2.11. The van der Waals surface area contributed by atoms with Gasteiger partial charge in [0.05, 0.1) is 0 Å². The summed E-state index contributed by atoms with van der Waals surface area (Å²) in [5.74, 6) is -0.0865. The van der Waals surface area contributed by atoms with Gasteiger partial charge in [-0.2, -0.15) is 0 Å². The molecule has 1 aliphatic heterocycles. The number of rotatable bonds is 3. The van der Waals surface area contributed by atoms with Gasteiger partial charge in [-0.15, -0.1) is 6.58 Å². The van der Waals surface area contributed by atoms with Gasteiger partial charge in [0.15, 0.2) is 5.11 Å². The number of para-hydroxylation sites is 1. The molecular formula is C14H13N3OS. The number of thiocarbonyl (C=S) groups is 1. The topological polar surface area (TPSA) is 48.1 Å². The highest BCUT2D eigenvalue weighted by molar-refractivity contribution is 7.80. The number of nitrogens with one attached hydrogen (secondary N) is 2. The second-order valence-electron chi connectivity index (χ2n) is 4.43. The van der Waals surface area contributed by atoms with Crippen LogP contribution in [0.2, 0.25) is 0 Å². The van der Waals surface area contributed by atoms with E-state index in [4.69, 9.17) is 12.2 Å². The lowest BCUT2D eigenvalue weighted by atomic mass is 10.0. The number of hydrogen-bond acceptors (Lipinski definition) is 2. The Morgan fingerprint density at radius 2 is 2.21 bits per heavy atom. The molecule has 0 spiro atoms. The maximum Gasteiger partial charge on any atom is 0.253 e. The predicted molar refractivity (Wildman–Crippen MR) is 78.7 cm³/mol. The molecule has 0 bridgehead atoms. The van der Waals surface area contributed by atoms with Crippen LogP contribution in [0.25, 0.3) is 10.9 Å². The van der Waals surface area contributed by atoms with Gasteiger partial charge >= 0.3 is 0 Å². The lowest BCUT2D eigenvalue weighted by Gasteiger charge is -2.21. The van der Waals surface area contributed by atoms with E-state index in [0.717, 1.165) is 16.5 Å². The standard InChI is InChI=1S/C14H13N3OS/c1-2-7-17-12(13(18)16-14(17)19)10-8-15-11-6-4-3-5-9(10)11/h2-6,8,12,15H,1,7H2,(H,16,18,19). The van der Waals surface area contributed by atoms with E-state index in [-0.39, 0.29) is 11.9 Å². The average molecular weight is 271 g/mol. The Hall–Kier alpha value is -2.14. The Bertz CT molecular complexity index is 676. The average Bonchev–Trinajstić information content (AvgIpc) is 2.92. The third-order valence-electron chi connectivity index (χ3n) is 3.29. The Labute approximate surface area is 116 Å². The van der Waals surface area contributed by atoms with Crippen LogP contribution >= 0.6 is 12.2 Å². The number of carbonyl (C=O) groups is 1. The molecule has 0 saturated carbocycles. The molecule has 1 amide bonds. The van der Waals surface area contributed by atoms with Gasteiger partial charge in [-0.1, -0.05) is 24.3 Å². The van der Waals surface area contributed by atoms with E-state index in [1.807, 2.05) is 35.4 Å². The number of H-pyrrole nitrogens is 1. The molecule has 0 aliphatic carbocycles. The highest BCUT2D eigenvalue weighted by Gasteiger charge is 2.37. The van der Waals surface area contributed by atoms with E-state index in [1.54, 1.807) is 6.08 Å². The summed E-state index contributed by atoms with van der Waals surface area (Å²) in [5, 5.41) is 4.21. The van der Waals surface area contributed by atoms with Crippen LogP contribution in [0.4, 0.5) is 0 Å². The van der Waals surface area contributed by atoms with E-state index >= 15 is 0 Å². The number of aromatic nitrogens is 1. The normalized spacial score (nSPS) is 18.9. The van der Waals surface area contributed by atoms with Crippen molar-refractivity contribution in [2.75, 3.05) is 6.54 Å². The minimum absolute atomic E-state index is 0.0865. The number of amides is 1. The van der Waals surface area contributed by atoms with Crippen molar-refractivity contribution >= 4 is 34.1 Å².